The van der Waals surface area contributed by atoms with Crippen molar-refractivity contribution in [1.29, 1.82) is 0 Å². The normalized spacial score (nSPS) is 22.8. The molecule has 2 fully saturated rings. The molecule has 1 aromatic heterocycles. The average Bonchev–Trinajstić information content (AvgIpc) is 3.42. The summed E-state index contributed by atoms with van der Waals surface area (Å²) >= 11 is 6.26. The number of amides is 1. The van der Waals surface area contributed by atoms with E-state index in [4.69, 9.17) is 25.8 Å². The molecule has 4 atom stereocenters. The molecule has 2 aromatic rings. The second kappa shape index (κ2) is 11.4. The monoisotopic (exact) mass is 520 g/mol. The van der Waals surface area contributed by atoms with Crippen LogP contribution < -0.4 is 20.3 Å². The molecule has 12 heteroatoms. The standard InChI is InChI=1S/C24H30ClFN6O4/c1-5-20(33)29-17-10-14(6-7-18(17)32(4)9-8-31(2)3)28-24-27-11-15(25)23(30-24)36-19-13-35-21-16(26)12-34-22(19)21/h5-7,10-11,16,19,21-22H,1,8-9,12-13H2,2-4H3,(H,29,33)(H,27,28,30)/t16-,19+,21+,22+/m0/s1. The van der Waals surface area contributed by atoms with Crippen LogP contribution in [0.4, 0.5) is 27.4 Å². The third-order valence-electron chi connectivity index (χ3n) is 5.91. The van der Waals surface area contributed by atoms with Gasteiger partial charge < -0.3 is 34.6 Å². The number of aromatic nitrogens is 2. The van der Waals surface area contributed by atoms with Crippen molar-refractivity contribution in [3.05, 3.63) is 42.1 Å². The summed E-state index contributed by atoms with van der Waals surface area (Å²) in [4.78, 5) is 24.8. The van der Waals surface area contributed by atoms with Crippen LogP contribution in [0.5, 0.6) is 5.88 Å². The minimum absolute atomic E-state index is 0.0233. The van der Waals surface area contributed by atoms with Crippen molar-refractivity contribution in [2.45, 2.75) is 24.5 Å². The summed E-state index contributed by atoms with van der Waals surface area (Å²) in [5, 5.41) is 6.17. The lowest BCUT2D eigenvalue weighted by Crippen LogP contribution is -2.34. The van der Waals surface area contributed by atoms with Crippen molar-refractivity contribution in [3.8, 4) is 5.88 Å². The third-order valence-corrected chi connectivity index (χ3v) is 6.17. The predicted octanol–water partition coefficient (Wildman–Crippen LogP) is 2.88. The highest BCUT2D eigenvalue weighted by molar-refractivity contribution is 6.31. The van der Waals surface area contributed by atoms with Crippen molar-refractivity contribution < 1.29 is 23.4 Å². The topological polar surface area (TPSA) is 101 Å². The highest BCUT2D eigenvalue weighted by Gasteiger charge is 2.49. The molecular formula is C24H30ClFN6O4. The molecule has 1 amide bonds. The highest BCUT2D eigenvalue weighted by Crippen LogP contribution is 2.34. The number of hydrogen-bond acceptors (Lipinski definition) is 9. The maximum Gasteiger partial charge on any atom is 0.247 e. The lowest BCUT2D eigenvalue weighted by molar-refractivity contribution is -0.111. The Bertz CT molecular complexity index is 1110. The number of rotatable bonds is 10. The summed E-state index contributed by atoms with van der Waals surface area (Å²) in [5.74, 6) is 0.0411. The van der Waals surface area contributed by atoms with E-state index in [9.17, 15) is 9.18 Å². The van der Waals surface area contributed by atoms with Gasteiger partial charge in [0.1, 0.15) is 17.2 Å². The first-order valence-electron chi connectivity index (χ1n) is 11.5. The fourth-order valence-corrected chi connectivity index (χ4v) is 4.12. The first-order valence-corrected chi connectivity index (χ1v) is 11.9. The summed E-state index contributed by atoms with van der Waals surface area (Å²) < 4.78 is 30.7. The van der Waals surface area contributed by atoms with E-state index in [2.05, 4.69) is 37.0 Å². The Hall–Kier alpha value is -2.99. The zero-order valence-corrected chi connectivity index (χ0v) is 21.2. The van der Waals surface area contributed by atoms with Gasteiger partial charge in [0, 0.05) is 25.8 Å². The summed E-state index contributed by atoms with van der Waals surface area (Å²) in [6.07, 6.45) is -0.249. The molecule has 36 heavy (non-hydrogen) atoms. The van der Waals surface area contributed by atoms with Crippen LogP contribution in [0.25, 0.3) is 0 Å². The molecule has 2 N–H and O–H groups in total. The third kappa shape index (κ3) is 6.04. The molecule has 2 saturated heterocycles. The van der Waals surface area contributed by atoms with Crippen molar-refractivity contribution >= 4 is 40.5 Å². The van der Waals surface area contributed by atoms with Crippen LogP contribution in [-0.2, 0) is 14.3 Å². The Kier molecular flexibility index (Phi) is 8.24. The smallest absolute Gasteiger partial charge is 0.247 e. The molecule has 4 rings (SSSR count). The lowest BCUT2D eigenvalue weighted by Gasteiger charge is -2.24. The van der Waals surface area contributed by atoms with Gasteiger partial charge in [0.25, 0.3) is 0 Å². The van der Waals surface area contributed by atoms with E-state index >= 15 is 0 Å². The van der Waals surface area contributed by atoms with Crippen LogP contribution in [0.15, 0.2) is 37.1 Å². The number of nitrogens with zero attached hydrogens (tertiary/aromatic N) is 4. The van der Waals surface area contributed by atoms with Crippen LogP contribution in [0, 0.1) is 0 Å². The van der Waals surface area contributed by atoms with E-state index in [-0.39, 0.29) is 36.0 Å². The molecule has 0 spiro atoms. The van der Waals surface area contributed by atoms with E-state index in [1.165, 1.54) is 12.3 Å². The van der Waals surface area contributed by atoms with Crippen molar-refractivity contribution in [1.82, 2.24) is 14.9 Å². The van der Waals surface area contributed by atoms with E-state index in [0.717, 1.165) is 18.8 Å². The van der Waals surface area contributed by atoms with Crippen LogP contribution >= 0.6 is 11.6 Å². The number of benzene rings is 1. The van der Waals surface area contributed by atoms with Crippen molar-refractivity contribution in [3.63, 3.8) is 0 Å². The molecule has 0 aliphatic carbocycles. The molecule has 194 valence electrons. The van der Waals surface area contributed by atoms with Gasteiger partial charge in [0.2, 0.25) is 17.7 Å². The van der Waals surface area contributed by atoms with Gasteiger partial charge in [0.15, 0.2) is 12.3 Å². The van der Waals surface area contributed by atoms with Crippen molar-refractivity contribution in [2.24, 2.45) is 0 Å². The van der Waals surface area contributed by atoms with Gasteiger partial charge in [-0.2, -0.15) is 4.98 Å². The highest BCUT2D eigenvalue weighted by atomic mass is 35.5. The molecule has 2 aliphatic rings. The Morgan fingerprint density at radius 1 is 1.28 bits per heavy atom. The fourth-order valence-electron chi connectivity index (χ4n) is 3.99. The summed E-state index contributed by atoms with van der Waals surface area (Å²) in [7, 11) is 5.96. The number of carbonyl (C=O) groups is 1. The van der Waals surface area contributed by atoms with Crippen LogP contribution in [0.1, 0.15) is 0 Å². The van der Waals surface area contributed by atoms with E-state index in [0.29, 0.717) is 11.4 Å². The van der Waals surface area contributed by atoms with Crippen LogP contribution in [0.3, 0.4) is 0 Å². The second-order valence-electron chi connectivity index (χ2n) is 8.89. The summed E-state index contributed by atoms with van der Waals surface area (Å²) in [6, 6.07) is 5.53. The first-order chi connectivity index (χ1) is 17.2. The SMILES string of the molecule is C=CC(=O)Nc1cc(Nc2ncc(Cl)c(O[C@@H]3CO[C@H]4[C@@H]3OC[C@@H]4F)n2)ccc1N(C)CCN(C)C. The summed E-state index contributed by atoms with van der Waals surface area (Å²) in [6.45, 7) is 5.29. The van der Waals surface area contributed by atoms with Gasteiger partial charge in [-0.1, -0.05) is 18.2 Å². The Morgan fingerprint density at radius 2 is 2.06 bits per heavy atom. The number of likely N-dealkylation sites (N-methyl/N-ethyl adjacent to an activating group) is 2. The quantitative estimate of drug-likeness (QED) is 0.458. The van der Waals surface area contributed by atoms with Crippen LogP contribution in [-0.4, -0.2) is 92.7 Å². The molecule has 0 saturated carbocycles. The number of halogens is 2. The average molecular weight is 521 g/mol. The number of hydrogen-bond donors (Lipinski definition) is 2. The van der Waals surface area contributed by atoms with Gasteiger partial charge in [0.05, 0.1) is 30.8 Å². The number of fused-ring (bicyclic) bond motifs is 1. The molecule has 3 heterocycles. The van der Waals surface area contributed by atoms with Gasteiger partial charge in [-0.25, -0.2) is 9.37 Å². The van der Waals surface area contributed by atoms with E-state index in [1.807, 2.05) is 33.3 Å². The Balaban J connectivity index is 1.51. The van der Waals surface area contributed by atoms with Gasteiger partial charge in [-0.05, 0) is 38.4 Å². The molecule has 10 nitrogen and oxygen atoms in total. The van der Waals surface area contributed by atoms with Gasteiger partial charge in [-0.15, -0.1) is 0 Å². The number of ether oxygens (including phenoxy) is 3. The second-order valence-corrected chi connectivity index (χ2v) is 9.30. The lowest BCUT2D eigenvalue weighted by atomic mass is 10.1. The summed E-state index contributed by atoms with van der Waals surface area (Å²) in [5.41, 5.74) is 2.08. The van der Waals surface area contributed by atoms with Gasteiger partial charge >= 0.3 is 0 Å². The molecule has 0 radical (unpaired) electrons. The number of anilines is 4. The van der Waals surface area contributed by atoms with Gasteiger partial charge in [-0.3, -0.25) is 4.79 Å². The predicted molar refractivity (Wildman–Crippen MR) is 136 cm³/mol. The fraction of sp³-hybridized carbons (Fsp3) is 0.458. The maximum atomic E-state index is 13.9. The zero-order valence-electron chi connectivity index (χ0n) is 20.4. The van der Waals surface area contributed by atoms with Crippen molar-refractivity contribution in [2.75, 3.05) is 63.0 Å². The number of nitrogens with one attached hydrogen (secondary N) is 2. The van der Waals surface area contributed by atoms with Crippen LogP contribution in [0.2, 0.25) is 5.02 Å². The minimum Gasteiger partial charge on any atom is -0.468 e. The maximum absolute atomic E-state index is 13.9. The van der Waals surface area contributed by atoms with E-state index < -0.39 is 24.5 Å². The first kappa shape index (κ1) is 26.1. The molecule has 2 aliphatic heterocycles. The molecular weight excluding hydrogens is 491 g/mol. The number of carbonyl (C=O) groups excluding carboxylic acids is 1. The molecule has 1 aromatic carbocycles. The Morgan fingerprint density at radius 3 is 2.81 bits per heavy atom. The largest absolute Gasteiger partial charge is 0.468 e. The Labute approximate surface area is 214 Å². The molecule has 0 bridgehead atoms. The van der Waals surface area contributed by atoms with E-state index in [1.54, 1.807) is 6.07 Å². The zero-order chi connectivity index (χ0) is 25.8. The number of alkyl halides is 1. The minimum atomic E-state index is -1.18. The molecule has 0 unspecified atom stereocenters.